The summed E-state index contributed by atoms with van der Waals surface area (Å²) >= 11 is 1.77. The summed E-state index contributed by atoms with van der Waals surface area (Å²) in [6.07, 6.45) is 1.91. The van der Waals surface area contributed by atoms with Crippen molar-refractivity contribution >= 4 is 32.9 Å². The highest BCUT2D eigenvalue weighted by molar-refractivity contribution is 7.17. The van der Waals surface area contributed by atoms with Crippen molar-refractivity contribution in [2.75, 3.05) is 18.0 Å². The zero-order chi connectivity index (χ0) is 13.4. The molecule has 0 unspecified atom stereocenters. The second kappa shape index (κ2) is 4.89. The Hall–Kier alpha value is -1.91. The molecule has 0 atom stereocenters. The molecule has 4 rings (SSSR count). The van der Waals surface area contributed by atoms with Crippen molar-refractivity contribution in [3.63, 3.8) is 0 Å². The van der Waals surface area contributed by atoms with Crippen LogP contribution in [0, 0.1) is 0 Å². The fraction of sp³-hybridized carbons (Fsp3) is 0.188. The number of pyridine rings is 1. The Morgan fingerprint density at radius 2 is 2.10 bits per heavy atom. The van der Waals surface area contributed by atoms with Gasteiger partial charge in [-0.05, 0) is 29.1 Å². The molecule has 0 amide bonds. The van der Waals surface area contributed by atoms with E-state index in [4.69, 9.17) is 0 Å². The summed E-state index contributed by atoms with van der Waals surface area (Å²) in [6.45, 7) is 2.84. The van der Waals surface area contributed by atoms with Gasteiger partial charge in [0.25, 0.3) is 0 Å². The van der Waals surface area contributed by atoms with Crippen molar-refractivity contribution in [1.82, 2.24) is 10.3 Å². The maximum atomic E-state index is 4.65. The normalized spacial score (nSPS) is 15.1. The number of rotatable bonds is 1. The van der Waals surface area contributed by atoms with Crippen LogP contribution < -0.4 is 10.2 Å². The molecule has 0 aliphatic carbocycles. The maximum absolute atomic E-state index is 4.65. The summed E-state index contributed by atoms with van der Waals surface area (Å²) < 4.78 is 1.30. The van der Waals surface area contributed by atoms with Gasteiger partial charge in [-0.25, -0.2) is 4.98 Å². The smallest absolute Gasteiger partial charge is 0.141 e. The van der Waals surface area contributed by atoms with E-state index in [1.807, 2.05) is 6.20 Å². The predicted molar refractivity (Wildman–Crippen MR) is 84.8 cm³/mol. The first-order chi connectivity index (χ1) is 9.93. The second-order valence-electron chi connectivity index (χ2n) is 4.92. The van der Waals surface area contributed by atoms with E-state index in [1.165, 1.54) is 21.3 Å². The molecule has 3 aromatic rings. The molecule has 0 radical (unpaired) electrons. The number of anilines is 2. The van der Waals surface area contributed by atoms with E-state index < -0.39 is 0 Å². The molecule has 0 fully saturated rings. The summed E-state index contributed by atoms with van der Waals surface area (Å²) in [5.74, 6) is 1.07. The lowest BCUT2D eigenvalue weighted by Gasteiger charge is -2.24. The number of aromatic nitrogens is 1. The number of benzene rings is 1. The molecule has 1 aliphatic heterocycles. The number of fused-ring (bicyclic) bond motifs is 2. The molecule has 3 heterocycles. The van der Waals surface area contributed by atoms with Crippen LogP contribution in [0.2, 0.25) is 0 Å². The van der Waals surface area contributed by atoms with Gasteiger partial charge in [-0.3, -0.25) is 0 Å². The van der Waals surface area contributed by atoms with E-state index in [-0.39, 0.29) is 0 Å². The van der Waals surface area contributed by atoms with Gasteiger partial charge in [0.2, 0.25) is 0 Å². The molecular formula is C16H15N3S. The Balaban J connectivity index is 1.91. The number of para-hydroxylation sites is 1. The van der Waals surface area contributed by atoms with Crippen LogP contribution in [-0.4, -0.2) is 18.1 Å². The fourth-order valence-corrected chi connectivity index (χ4v) is 3.55. The first-order valence-electron chi connectivity index (χ1n) is 6.82. The third-order valence-corrected chi connectivity index (χ3v) is 4.61. The molecule has 100 valence electrons. The van der Waals surface area contributed by atoms with Gasteiger partial charge >= 0.3 is 0 Å². The molecule has 4 heteroatoms. The third kappa shape index (κ3) is 1.88. The highest BCUT2D eigenvalue weighted by Gasteiger charge is 2.19. The molecule has 1 aliphatic rings. The minimum absolute atomic E-state index is 0.923. The summed E-state index contributed by atoms with van der Waals surface area (Å²) in [7, 11) is 0. The molecule has 1 N–H and O–H groups in total. The predicted octanol–water partition coefficient (Wildman–Crippen LogP) is 3.54. The number of nitrogens with zero attached hydrogens (tertiary/aromatic N) is 2. The first kappa shape index (κ1) is 11.9. The summed E-state index contributed by atoms with van der Waals surface area (Å²) in [4.78, 5) is 6.99. The van der Waals surface area contributed by atoms with Crippen molar-refractivity contribution in [1.29, 1.82) is 0 Å². The third-order valence-electron chi connectivity index (χ3n) is 3.72. The van der Waals surface area contributed by atoms with E-state index in [0.717, 1.165) is 25.5 Å². The van der Waals surface area contributed by atoms with Crippen molar-refractivity contribution in [2.24, 2.45) is 0 Å². The van der Waals surface area contributed by atoms with Crippen molar-refractivity contribution in [3.8, 4) is 0 Å². The molecule has 0 bridgehead atoms. The average molecular weight is 281 g/mol. The van der Waals surface area contributed by atoms with E-state index in [2.05, 4.69) is 57.0 Å². The Bertz CT molecular complexity index is 750. The summed E-state index contributed by atoms with van der Waals surface area (Å²) in [6, 6.07) is 12.8. The van der Waals surface area contributed by atoms with Gasteiger partial charge in [-0.1, -0.05) is 18.2 Å². The van der Waals surface area contributed by atoms with Crippen LogP contribution in [0.15, 0.2) is 48.0 Å². The van der Waals surface area contributed by atoms with Gasteiger partial charge in [0.1, 0.15) is 5.82 Å². The van der Waals surface area contributed by atoms with Gasteiger partial charge in [-0.15, -0.1) is 11.3 Å². The highest BCUT2D eigenvalue weighted by atomic mass is 32.1. The Labute approximate surface area is 121 Å². The summed E-state index contributed by atoms with van der Waals surface area (Å²) in [5, 5.41) is 6.86. The quantitative estimate of drug-likeness (QED) is 0.739. The van der Waals surface area contributed by atoms with E-state index in [1.54, 1.807) is 11.3 Å². The molecular weight excluding hydrogens is 266 g/mol. The lowest BCUT2D eigenvalue weighted by molar-refractivity contribution is 0.711. The molecule has 1 aromatic carbocycles. The average Bonchev–Trinajstić information content (AvgIpc) is 2.87. The monoisotopic (exact) mass is 281 g/mol. The highest BCUT2D eigenvalue weighted by Crippen LogP contribution is 2.34. The first-order valence-corrected chi connectivity index (χ1v) is 7.70. The number of nitrogens with one attached hydrogen (secondary N) is 1. The number of thiophene rings is 1. The fourth-order valence-electron chi connectivity index (χ4n) is 2.77. The molecule has 20 heavy (non-hydrogen) atoms. The van der Waals surface area contributed by atoms with Gasteiger partial charge in [-0.2, -0.15) is 0 Å². The number of hydrogen-bond donors (Lipinski definition) is 1. The Morgan fingerprint density at radius 1 is 1.15 bits per heavy atom. The largest absolute Gasteiger partial charge is 0.324 e. The van der Waals surface area contributed by atoms with Crippen LogP contribution in [-0.2, 0) is 6.54 Å². The van der Waals surface area contributed by atoms with Gasteiger partial charge < -0.3 is 10.2 Å². The summed E-state index contributed by atoms with van der Waals surface area (Å²) in [5.41, 5.74) is 2.60. The van der Waals surface area contributed by atoms with E-state index in [0.29, 0.717) is 0 Å². The number of hydrogen-bond acceptors (Lipinski definition) is 4. The maximum Gasteiger partial charge on any atom is 0.141 e. The minimum Gasteiger partial charge on any atom is -0.324 e. The van der Waals surface area contributed by atoms with Crippen molar-refractivity contribution in [3.05, 3.63) is 53.5 Å². The molecule has 0 saturated carbocycles. The van der Waals surface area contributed by atoms with Gasteiger partial charge in [0, 0.05) is 41.6 Å². The van der Waals surface area contributed by atoms with Crippen molar-refractivity contribution < 1.29 is 0 Å². The topological polar surface area (TPSA) is 28.2 Å². The van der Waals surface area contributed by atoms with Crippen LogP contribution in [0.4, 0.5) is 11.5 Å². The molecule has 0 saturated heterocycles. The SMILES string of the molecule is c1ccc2c(c1)CNCCN2c1nccc2sccc12. The van der Waals surface area contributed by atoms with Crippen LogP contribution >= 0.6 is 11.3 Å². The van der Waals surface area contributed by atoms with Crippen LogP contribution in [0.5, 0.6) is 0 Å². The molecule has 0 spiro atoms. The second-order valence-corrected chi connectivity index (χ2v) is 5.87. The minimum atomic E-state index is 0.923. The van der Waals surface area contributed by atoms with E-state index in [9.17, 15) is 0 Å². The van der Waals surface area contributed by atoms with Crippen LogP contribution in [0.3, 0.4) is 0 Å². The standard InChI is InChI=1S/C16H15N3S/c1-2-4-14-12(3-1)11-17-8-9-19(14)16-13-6-10-20-15(13)5-7-18-16/h1-7,10,17H,8-9,11H2. The lowest BCUT2D eigenvalue weighted by Crippen LogP contribution is -2.25. The Kier molecular flexibility index (Phi) is 2.90. The molecule has 2 aromatic heterocycles. The Morgan fingerprint density at radius 3 is 3.10 bits per heavy atom. The zero-order valence-corrected chi connectivity index (χ0v) is 11.9. The lowest BCUT2D eigenvalue weighted by atomic mass is 10.1. The van der Waals surface area contributed by atoms with Gasteiger partial charge in [0.05, 0.1) is 0 Å². The molecule has 3 nitrogen and oxygen atoms in total. The van der Waals surface area contributed by atoms with Crippen molar-refractivity contribution in [2.45, 2.75) is 6.54 Å². The van der Waals surface area contributed by atoms with Crippen LogP contribution in [0.1, 0.15) is 5.56 Å². The van der Waals surface area contributed by atoms with Crippen LogP contribution in [0.25, 0.3) is 10.1 Å². The zero-order valence-electron chi connectivity index (χ0n) is 11.0. The van der Waals surface area contributed by atoms with E-state index >= 15 is 0 Å². The van der Waals surface area contributed by atoms with Gasteiger partial charge in [0.15, 0.2) is 0 Å².